The molecule has 1 fully saturated rings. The zero-order valence-corrected chi connectivity index (χ0v) is 19.0. The summed E-state index contributed by atoms with van der Waals surface area (Å²) < 4.78 is 2.14. The van der Waals surface area contributed by atoms with Crippen molar-refractivity contribution in [1.82, 2.24) is 20.1 Å². The fourth-order valence-electron chi connectivity index (χ4n) is 4.92. The summed E-state index contributed by atoms with van der Waals surface area (Å²) in [5, 5.41) is 14.1. The van der Waals surface area contributed by atoms with Crippen LogP contribution in [-0.2, 0) is 11.2 Å². The fourth-order valence-corrected chi connectivity index (χ4v) is 5.94. The lowest BCUT2D eigenvalue weighted by Gasteiger charge is -2.33. The van der Waals surface area contributed by atoms with Crippen molar-refractivity contribution in [3.05, 3.63) is 58.9 Å². The summed E-state index contributed by atoms with van der Waals surface area (Å²) in [6.07, 6.45) is 5.01. The average Bonchev–Trinajstić information content (AvgIpc) is 3.40. The largest absolute Gasteiger partial charge is 0.349 e. The number of hydrogen-bond acceptors (Lipinski definition) is 5. The van der Waals surface area contributed by atoms with E-state index in [-0.39, 0.29) is 17.9 Å². The lowest BCUT2D eigenvalue weighted by molar-refractivity contribution is -0.126. The predicted molar refractivity (Wildman–Crippen MR) is 124 cm³/mol. The smallest absolute Gasteiger partial charge is 0.223 e. The second-order valence-electron chi connectivity index (χ2n) is 8.73. The molecule has 0 radical (unpaired) electrons. The Hall–Kier alpha value is -2.67. The molecule has 1 unspecified atom stereocenters. The maximum Gasteiger partial charge on any atom is 0.223 e. The van der Waals surface area contributed by atoms with Crippen LogP contribution < -0.4 is 10.2 Å². The van der Waals surface area contributed by atoms with Gasteiger partial charge in [-0.2, -0.15) is 0 Å². The Morgan fingerprint density at radius 2 is 1.71 bits per heavy atom. The minimum absolute atomic E-state index is 0.0756. The Morgan fingerprint density at radius 1 is 1.00 bits per heavy atom. The highest BCUT2D eigenvalue weighted by atomic mass is 32.1. The van der Waals surface area contributed by atoms with Crippen molar-refractivity contribution in [3.8, 4) is 5.13 Å². The van der Waals surface area contributed by atoms with Gasteiger partial charge in [-0.15, -0.1) is 10.2 Å². The molecule has 1 saturated heterocycles. The monoisotopic (exact) mass is 435 g/mol. The summed E-state index contributed by atoms with van der Waals surface area (Å²) in [6.45, 7) is 5.86. The molecular formula is C24H29N5OS. The van der Waals surface area contributed by atoms with Gasteiger partial charge in [-0.05, 0) is 69.2 Å². The molecule has 162 valence electrons. The van der Waals surface area contributed by atoms with E-state index >= 15 is 0 Å². The van der Waals surface area contributed by atoms with Crippen molar-refractivity contribution in [1.29, 1.82) is 0 Å². The van der Waals surface area contributed by atoms with Crippen LogP contribution >= 0.6 is 11.3 Å². The molecule has 1 aromatic carbocycles. The Kier molecular flexibility index (Phi) is 5.52. The van der Waals surface area contributed by atoms with Gasteiger partial charge in [-0.25, -0.2) is 0 Å². The number of carbonyl (C=O) groups excluding carboxylic acids is 1. The molecule has 0 spiro atoms. The molecule has 5 rings (SSSR count). The van der Waals surface area contributed by atoms with E-state index in [4.69, 9.17) is 0 Å². The lowest BCUT2D eigenvalue weighted by atomic mass is 9.87. The summed E-state index contributed by atoms with van der Waals surface area (Å²) in [7, 11) is 0. The van der Waals surface area contributed by atoms with Gasteiger partial charge in [0.15, 0.2) is 0 Å². The van der Waals surface area contributed by atoms with Crippen LogP contribution in [0.5, 0.6) is 0 Å². The van der Waals surface area contributed by atoms with Gasteiger partial charge < -0.3 is 10.2 Å². The van der Waals surface area contributed by atoms with E-state index in [0.717, 1.165) is 55.5 Å². The Morgan fingerprint density at radius 3 is 2.48 bits per heavy atom. The normalized spacial score (nSPS) is 19.3. The highest BCUT2D eigenvalue weighted by molar-refractivity contribution is 7.17. The minimum atomic E-state index is 0.0756. The number of amides is 1. The summed E-state index contributed by atoms with van der Waals surface area (Å²) >= 11 is 1.62. The van der Waals surface area contributed by atoms with Gasteiger partial charge in [0.25, 0.3) is 0 Å². The van der Waals surface area contributed by atoms with Crippen LogP contribution in [0.1, 0.15) is 54.2 Å². The Balaban J connectivity index is 1.20. The first-order chi connectivity index (χ1) is 15.1. The molecule has 2 aromatic heterocycles. The van der Waals surface area contributed by atoms with Crippen molar-refractivity contribution in [2.75, 3.05) is 18.0 Å². The van der Waals surface area contributed by atoms with E-state index in [1.165, 1.54) is 22.5 Å². The van der Waals surface area contributed by atoms with Gasteiger partial charge in [0, 0.05) is 30.4 Å². The summed E-state index contributed by atoms with van der Waals surface area (Å²) in [5.41, 5.74) is 5.02. The summed E-state index contributed by atoms with van der Waals surface area (Å²) in [5.74, 6) is 0.282. The first-order valence-corrected chi connectivity index (χ1v) is 12.0. The second kappa shape index (κ2) is 8.46. The van der Waals surface area contributed by atoms with Crippen molar-refractivity contribution in [2.45, 2.75) is 52.0 Å². The molecule has 6 nitrogen and oxygen atoms in total. The number of nitrogens with zero attached hydrogens (tertiary/aromatic N) is 4. The van der Waals surface area contributed by atoms with Crippen molar-refractivity contribution in [2.24, 2.45) is 5.92 Å². The van der Waals surface area contributed by atoms with Crippen molar-refractivity contribution >= 4 is 22.4 Å². The van der Waals surface area contributed by atoms with E-state index in [2.05, 4.69) is 75.2 Å². The molecule has 0 bridgehead atoms. The quantitative estimate of drug-likeness (QED) is 0.662. The SMILES string of the molecule is Cc1ccc(C)n1-c1nnc(N2CCC(C(=O)NC3CCCc4ccccc43)CC2)s1. The first kappa shape index (κ1) is 20.2. The zero-order valence-electron chi connectivity index (χ0n) is 18.2. The maximum absolute atomic E-state index is 13.0. The molecule has 0 saturated carbocycles. The molecule has 3 aromatic rings. The number of aromatic nitrogens is 3. The number of rotatable bonds is 4. The lowest BCUT2D eigenvalue weighted by Crippen LogP contribution is -2.42. The molecule has 1 N–H and O–H groups in total. The molecule has 1 amide bonds. The second-order valence-corrected chi connectivity index (χ2v) is 9.67. The van der Waals surface area contributed by atoms with Gasteiger partial charge in [0.1, 0.15) is 0 Å². The molecule has 2 aliphatic rings. The number of anilines is 1. The van der Waals surface area contributed by atoms with Crippen LogP contribution in [0.2, 0.25) is 0 Å². The number of fused-ring (bicyclic) bond motifs is 1. The van der Waals surface area contributed by atoms with Crippen LogP contribution in [0.3, 0.4) is 0 Å². The van der Waals surface area contributed by atoms with Gasteiger partial charge in [0.05, 0.1) is 6.04 Å². The number of aryl methyl sites for hydroxylation is 3. The van der Waals surface area contributed by atoms with Crippen LogP contribution in [0.25, 0.3) is 5.13 Å². The van der Waals surface area contributed by atoms with E-state index in [1.54, 1.807) is 11.3 Å². The molecule has 3 heterocycles. The van der Waals surface area contributed by atoms with Crippen molar-refractivity contribution < 1.29 is 4.79 Å². The molecular weight excluding hydrogens is 406 g/mol. The van der Waals surface area contributed by atoms with Crippen LogP contribution in [-0.4, -0.2) is 33.8 Å². The highest BCUT2D eigenvalue weighted by Crippen LogP contribution is 2.32. The van der Waals surface area contributed by atoms with Crippen LogP contribution in [0, 0.1) is 19.8 Å². The minimum Gasteiger partial charge on any atom is -0.349 e. The van der Waals surface area contributed by atoms with Gasteiger partial charge in [0.2, 0.25) is 16.2 Å². The highest BCUT2D eigenvalue weighted by Gasteiger charge is 2.29. The fraction of sp³-hybridized carbons (Fsp3) is 0.458. The standard InChI is InChI=1S/C24H29N5OS/c1-16-10-11-17(2)29(16)24-27-26-23(31-24)28-14-12-19(13-15-28)22(30)25-21-9-5-7-18-6-3-4-8-20(18)21/h3-4,6,8,10-11,19,21H,5,7,9,12-15H2,1-2H3,(H,25,30). The third-order valence-electron chi connectivity index (χ3n) is 6.69. The van der Waals surface area contributed by atoms with Gasteiger partial charge in [-0.1, -0.05) is 35.6 Å². The van der Waals surface area contributed by atoms with E-state index in [0.29, 0.717) is 0 Å². The third-order valence-corrected chi connectivity index (χ3v) is 7.66. The predicted octanol–water partition coefficient (Wildman–Crippen LogP) is 4.36. The average molecular weight is 436 g/mol. The number of nitrogens with one attached hydrogen (secondary N) is 1. The van der Waals surface area contributed by atoms with Crippen LogP contribution in [0.15, 0.2) is 36.4 Å². The Bertz CT molecular complexity index is 1060. The number of carbonyl (C=O) groups is 1. The number of piperidine rings is 1. The van der Waals surface area contributed by atoms with Gasteiger partial charge in [-0.3, -0.25) is 9.36 Å². The van der Waals surface area contributed by atoms with E-state index in [1.807, 2.05) is 0 Å². The molecule has 7 heteroatoms. The third kappa shape index (κ3) is 3.99. The first-order valence-electron chi connectivity index (χ1n) is 11.2. The number of hydrogen-bond donors (Lipinski definition) is 1. The van der Waals surface area contributed by atoms with E-state index < -0.39 is 0 Å². The maximum atomic E-state index is 13.0. The topological polar surface area (TPSA) is 63.1 Å². The summed E-state index contributed by atoms with van der Waals surface area (Å²) in [4.78, 5) is 15.3. The molecule has 31 heavy (non-hydrogen) atoms. The molecule has 1 aliphatic carbocycles. The molecule has 1 atom stereocenters. The van der Waals surface area contributed by atoms with E-state index in [9.17, 15) is 4.79 Å². The van der Waals surface area contributed by atoms with Crippen molar-refractivity contribution in [3.63, 3.8) is 0 Å². The van der Waals surface area contributed by atoms with Crippen LogP contribution in [0.4, 0.5) is 5.13 Å². The van der Waals surface area contributed by atoms with Gasteiger partial charge >= 0.3 is 0 Å². The number of benzene rings is 1. The molecule has 1 aliphatic heterocycles. The zero-order chi connectivity index (χ0) is 21.4. The Labute approximate surface area is 187 Å². The summed E-state index contributed by atoms with van der Waals surface area (Å²) in [6, 6.07) is 12.9.